The van der Waals surface area contributed by atoms with Crippen molar-refractivity contribution >= 4 is 0 Å². The molecule has 1 N–H and O–H groups in total. The summed E-state index contributed by atoms with van der Waals surface area (Å²) in [6, 6.07) is 11.4. The molecule has 2 heteroatoms. The Labute approximate surface area is 117 Å². The maximum absolute atomic E-state index is 3.72. The van der Waals surface area contributed by atoms with Crippen LogP contribution in [0.1, 0.15) is 44.7 Å². The molecular formula is C17H26N2. The molecule has 1 heterocycles. The first-order chi connectivity index (χ1) is 9.18. The average Bonchev–Trinajstić information content (AvgIpc) is 3.26. The van der Waals surface area contributed by atoms with Gasteiger partial charge in [-0.25, -0.2) is 0 Å². The topological polar surface area (TPSA) is 15.3 Å². The Bertz CT molecular complexity index is 409. The van der Waals surface area contributed by atoms with Crippen LogP contribution in [-0.4, -0.2) is 30.1 Å². The molecule has 104 valence electrons. The van der Waals surface area contributed by atoms with Gasteiger partial charge < -0.3 is 5.32 Å². The predicted molar refractivity (Wildman–Crippen MR) is 80.2 cm³/mol. The van der Waals surface area contributed by atoms with Gasteiger partial charge in [-0.05, 0) is 57.7 Å². The maximum Gasteiger partial charge on any atom is 0.0449 e. The van der Waals surface area contributed by atoms with Crippen LogP contribution in [-0.2, 0) is 0 Å². The molecule has 1 unspecified atom stereocenters. The van der Waals surface area contributed by atoms with Gasteiger partial charge in [0.15, 0.2) is 0 Å². The SMILES string of the molecule is CC(C)(C1CC1)N1CCCNC(c2ccccc2)C1. The van der Waals surface area contributed by atoms with Crippen molar-refractivity contribution < 1.29 is 0 Å². The summed E-state index contributed by atoms with van der Waals surface area (Å²) < 4.78 is 0. The lowest BCUT2D eigenvalue weighted by Crippen LogP contribution is -2.47. The van der Waals surface area contributed by atoms with E-state index in [4.69, 9.17) is 0 Å². The van der Waals surface area contributed by atoms with Crippen molar-refractivity contribution in [3.05, 3.63) is 35.9 Å². The Morgan fingerprint density at radius 3 is 2.58 bits per heavy atom. The van der Waals surface area contributed by atoms with E-state index in [1.165, 1.54) is 31.4 Å². The third kappa shape index (κ3) is 2.85. The smallest absolute Gasteiger partial charge is 0.0449 e. The first kappa shape index (κ1) is 13.1. The molecule has 1 aromatic carbocycles. The zero-order valence-corrected chi connectivity index (χ0v) is 12.2. The van der Waals surface area contributed by atoms with Gasteiger partial charge in [0.2, 0.25) is 0 Å². The molecule has 1 aliphatic heterocycles. The van der Waals surface area contributed by atoms with Crippen LogP contribution in [0, 0.1) is 5.92 Å². The van der Waals surface area contributed by atoms with E-state index in [2.05, 4.69) is 54.4 Å². The van der Waals surface area contributed by atoms with E-state index in [1.807, 2.05) is 0 Å². The van der Waals surface area contributed by atoms with Crippen molar-refractivity contribution in [2.75, 3.05) is 19.6 Å². The van der Waals surface area contributed by atoms with Gasteiger partial charge in [-0.15, -0.1) is 0 Å². The second-order valence-corrected chi connectivity index (χ2v) is 6.64. The molecule has 2 aliphatic rings. The summed E-state index contributed by atoms with van der Waals surface area (Å²) in [5.41, 5.74) is 1.81. The minimum absolute atomic E-state index is 0.374. The zero-order chi connectivity index (χ0) is 13.3. The van der Waals surface area contributed by atoms with Gasteiger partial charge in [0.05, 0.1) is 0 Å². The fraction of sp³-hybridized carbons (Fsp3) is 0.647. The summed E-state index contributed by atoms with van der Waals surface area (Å²) in [4.78, 5) is 2.72. The van der Waals surface area contributed by atoms with E-state index in [0.29, 0.717) is 11.6 Å². The molecule has 1 aliphatic carbocycles. The standard InChI is InChI=1S/C17H26N2/c1-17(2,15-9-10-15)19-12-6-11-18-16(13-19)14-7-4-3-5-8-14/h3-5,7-8,15-16,18H,6,9-13H2,1-2H3. The molecule has 0 spiro atoms. The van der Waals surface area contributed by atoms with Crippen molar-refractivity contribution in [2.24, 2.45) is 5.92 Å². The number of benzene rings is 1. The number of nitrogens with zero attached hydrogens (tertiary/aromatic N) is 1. The number of hydrogen-bond donors (Lipinski definition) is 1. The van der Waals surface area contributed by atoms with Crippen molar-refractivity contribution in [1.29, 1.82) is 0 Å². The Hall–Kier alpha value is -0.860. The second-order valence-electron chi connectivity index (χ2n) is 6.64. The van der Waals surface area contributed by atoms with E-state index in [-0.39, 0.29) is 0 Å². The fourth-order valence-electron chi connectivity index (χ4n) is 3.40. The molecule has 19 heavy (non-hydrogen) atoms. The molecule has 0 bridgehead atoms. The van der Waals surface area contributed by atoms with Gasteiger partial charge in [-0.2, -0.15) is 0 Å². The van der Waals surface area contributed by atoms with E-state index < -0.39 is 0 Å². The molecule has 0 amide bonds. The number of rotatable bonds is 3. The zero-order valence-electron chi connectivity index (χ0n) is 12.2. The summed E-state index contributed by atoms with van der Waals surface area (Å²) in [5.74, 6) is 0.919. The lowest BCUT2D eigenvalue weighted by atomic mass is 9.94. The third-order valence-electron chi connectivity index (χ3n) is 4.99. The highest BCUT2D eigenvalue weighted by Gasteiger charge is 2.42. The monoisotopic (exact) mass is 258 g/mol. The normalized spacial score (nSPS) is 26.1. The molecule has 1 saturated carbocycles. The van der Waals surface area contributed by atoms with Crippen molar-refractivity contribution in [3.63, 3.8) is 0 Å². The van der Waals surface area contributed by atoms with E-state index in [0.717, 1.165) is 19.0 Å². The maximum atomic E-state index is 3.72. The number of hydrogen-bond acceptors (Lipinski definition) is 2. The highest BCUT2D eigenvalue weighted by Crippen LogP contribution is 2.43. The van der Waals surface area contributed by atoms with E-state index in [1.54, 1.807) is 0 Å². The van der Waals surface area contributed by atoms with Crippen LogP contribution < -0.4 is 5.32 Å². The summed E-state index contributed by atoms with van der Waals surface area (Å²) in [5, 5.41) is 3.72. The summed E-state index contributed by atoms with van der Waals surface area (Å²) >= 11 is 0. The third-order valence-corrected chi connectivity index (χ3v) is 4.99. The molecule has 1 saturated heterocycles. The largest absolute Gasteiger partial charge is 0.309 e. The van der Waals surface area contributed by atoms with Crippen LogP contribution in [0.5, 0.6) is 0 Å². The Balaban J connectivity index is 1.76. The Morgan fingerprint density at radius 1 is 1.16 bits per heavy atom. The predicted octanol–water partition coefficient (Wildman–Crippen LogP) is 3.21. The highest BCUT2D eigenvalue weighted by atomic mass is 15.2. The van der Waals surface area contributed by atoms with Crippen LogP contribution in [0.3, 0.4) is 0 Å². The van der Waals surface area contributed by atoms with E-state index in [9.17, 15) is 0 Å². The molecule has 2 fully saturated rings. The van der Waals surface area contributed by atoms with Crippen LogP contribution in [0.25, 0.3) is 0 Å². The van der Waals surface area contributed by atoms with Crippen LogP contribution in [0.15, 0.2) is 30.3 Å². The molecule has 1 atom stereocenters. The van der Waals surface area contributed by atoms with Crippen molar-refractivity contribution in [2.45, 2.75) is 44.7 Å². The summed E-state index contributed by atoms with van der Waals surface area (Å²) in [7, 11) is 0. The molecule has 1 aromatic rings. The number of nitrogens with one attached hydrogen (secondary N) is 1. The second kappa shape index (κ2) is 5.26. The summed E-state index contributed by atoms with van der Waals surface area (Å²) in [6.45, 7) is 8.40. The lowest BCUT2D eigenvalue weighted by Gasteiger charge is -2.39. The first-order valence-corrected chi connectivity index (χ1v) is 7.71. The molecule has 2 nitrogen and oxygen atoms in total. The minimum atomic E-state index is 0.374. The van der Waals surface area contributed by atoms with Crippen LogP contribution in [0.4, 0.5) is 0 Å². The van der Waals surface area contributed by atoms with Crippen molar-refractivity contribution in [3.8, 4) is 0 Å². The highest BCUT2D eigenvalue weighted by molar-refractivity contribution is 5.20. The first-order valence-electron chi connectivity index (χ1n) is 7.71. The van der Waals surface area contributed by atoms with Gasteiger partial charge >= 0.3 is 0 Å². The van der Waals surface area contributed by atoms with Gasteiger partial charge in [-0.1, -0.05) is 30.3 Å². The summed E-state index contributed by atoms with van der Waals surface area (Å²) in [6.07, 6.45) is 4.11. The molecule has 3 rings (SSSR count). The van der Waals surface area contributed by atoms with Crippen LogP contribution >= 0.6 is 0 Å². The van der Waals surface area contributed by atoms with Gasteiger partial charge in [0, 0.05) is 18.1 Å². The molecule has 0 radical (unpaired) electrons. The Kier molecular flexibility index (Phi) is 3.64. The average molecular weight is 258 g/mol. The van der Waals surface area contributed by atoms with Gasteiger partial charge in [-0.3, -0.25) is 4.90 Å². The van der Waals surface area contributed by atoms with Crippen LogP contribution in [0.2, 0.25) is 0 Å². The van der Waals surface area contributed by atoms with Gasteiger partial charge in [0.1, 0.15) is 0 Å². The molecular weight excluding hydrogens is 232 g/mol. The lowest BCUT2D eigenvalue weighted by molar-refractivity contribution is 0.0967. The minimum Gasteiger partial charge on any atom is -0.309 e. The van der Waals surface area contributed by atoms with E-state index >= 15 is 0 Å². The van der Waals surface area contributed by atoms with Gasteiger partial charge in [0.25, 0.3) is 0 Å². The fourth-order valence-corrected chi connectivity index (χ4v) is 3.40. The molecule has 0 aromatic heterocycles. The Morgan fingerprint density at radius 2 is 1.89 bits per heavy atom. The quantitative estimate of drug-likeness (QED) is 0.895. The van der Waals surface area contributed by atoms with Crippen molar-refractivity contribution in [1.82, 2.24) is 10.2 Å².